The van der Waals surface area contributed by atoms with Crippen molar-refractivity contribution in [2.75, 3.05) is 5.32 Å². The van der Waals surface area contributed by atoms with Crippen LogP contribution in [-0.2, 0) is 6.54 Å². The molecule has 0 bridgehead atoms. The summed E-state index contributed by atoms with van der Waals surface area (Å²) < 4.78 is 0. The Labute approximate surface area is 119 Å². The predicted molar refractivity (Wildman–Crippen MR) is 80.0 cm³/mol. The summed E-state index contributed by atoms with van der Waals surface area (Å²) in [5.41, 5.74) is 0.955. The number of rotatable bonds is 4. The van der Waals surface area contributed by atoms with Gasteiger partial charge < -0.3 is 5.32 Å². The third-order valence-corrected chi connectivity index (χ3v) is 3.90. The number of pyridine rings is 1. The highest BCUT2D eigenvalue weighted by Crippen LogP contribution is 2.31. The van der Waals surface area contributed by atoms with Crippen LogP contribution < -0.4 is 5.32 Å². The molecular weight excluding hydrogens is 274 g/mol. The van der Waals surface area contributed by atoms with E-state index in [9.17, 15) is 10.1 Å². The molecule has 0 radical (unpaired) electrons. The Morgan fingerprint density at radius 1 is 1.25 bits per heavy atom. The van der Waals surface area contributed by atoms with Crippen LogP contribution in [0.2, 0.25) is 0 Å². The van der Waals surface area contributed by atoms with E-state index in [4.69, 9.17) is 0 Å². The number of nitro groups is 1. The van der Waals surface area contributed by atoms with E-state index >= 15 is 0 Å². The van der Waals surface area contributed by atoms with E-state index in [1.165, 1.54) is 10.9 Å². The van der Waals surface area contributed by atoms with Gasteiger partial charge in [0.2, 0.25) is 0 Å². The van der Waals surface area contributed by atoms with Crippen molar-refractivity contribution in [3.63, 3.8) is 0 Å². The molecule has 0 saturated carbocycles. The van der Waals surface area contributed by atoms with Gasteiger partial charge in [0.1, 0.15) is 0 Å². The van der Waals surface area contributed by atoms with E-state index in [-0.39, 0.29) is 10.6 Å². The molecule has 0 unspecified atom stereocenters. The molecule has 1 N–H and O–H groups in total. The Hall–Kier alpha value is -2.47. The maximum atomic E-state index is 11.0. The van der Waals surface area contributed by atoms with E-state index in [2.05, 4.69) is 10.3 Å². The van der Waals surface area contributed by atoms with Crippen LogP contribution in [0.4, 0.5) is 11.4 Å². The van der Waals surface area contributed by atoms with E-state index in [0.717, 1.165) is 11.1 Å². The lowest BCUT2D eigenvalue weighted by atomic mass is 10.1. The van der Waals surface area contributed by atoms with Crippen LogP contribution in [0.5, 0.6) is 0 Å². The summed E-state index contributed by atoms with van der Waals surface area (Å²) in [4.78, 5) is 15.9. The minimum Gasteiger partial charge on any atom is -0.380 e. The fourth-order valence-corrected chi connectivity index (χ4v) is 2.73. The summed E-state index contributed by atoms with van der Waals surface area (Å²) in [6.07, 6.45) is 3.22. The number of aromatic nitrogens is 1. The van der Waals surface area contributed by atoms with Crippen molar-refractivity contribution in [1.82, 2.24) is 4.98 Å². The molecule has 6 heteroatoms. The first-order chi connectivity index (χ1) is 9.75. The molecule has 0 spiro atoms. The third kappa shape index (κ3) is 2.33. The van der Waals surface area contributed by atoms with Gasteiger partial charge in [-0.3, -0.25) is 15.1 Å². The molecule has 1 aromatic carbocycles. The van der Waals surface area contributed by atoms with Gasteiger partial charge in [0.05, 0.1) is 10.3 Å². The summed E-state index contributed by atoms with van der Waals surface area (Å²) in [5.74, 6) is 0. The number of benzene rings is 1. The quantitative estimate of drug-likeness (QED) is 0.584. The van der Waals surface area contributed by atoms with Crippen LogP contribution in [0.3, 0.4) is 0 Å². The molecule has 3 rings (SSSR count). The smallest absolute Gasteiger partial charge is 0.277 e. The number of nitrogens with zero attached hydrogens (tertiary/aromatic N) is 2. The van der Waals surface area contributed by atoms with Crippen molar-refractivity contribution < 1.29 is 4.92 Å². The first-order valence-corrected chi connectivity index (χ1v) is 6.91. The van der Waals surface area contributed by atoms with Crippen molar-refractivity contribution in [3.05, 3.63) is 63.1 Å². The number of thiophene rings is 1. The highest BCUT2D eigenvalue weighted by molar-refractivity contribution is 7.09. The first kappa shape index (κ1) is 12.6. The number of nitro benzene ring substituents is 1. The molecule has 0 atom stereocenters. The van der Waals surface area contributed by atoms with Gasteiger partial charge in [-0.05, 0) is 23.6 Å². The molecule has 3 aromatic rings. The maximum Gasteiger partial charge on any atom is 0.277 e. The van der Waals surface area contributed by atoms with Crippen molar-refractivity contribution in [1.29, 1.82) is 0 Å². The Morgan fingerprint density at radius 2 is 2.15 bits per heavy atom. The summed E-state index contributed by atoms with van der Waals surface area (Å²) >= 11 is 1.67. The zero-order chi connectivity index (χ0) is 13.9. The van der Waals surface area contributed by atoms with Gasteiger partial charge in [-0.2, -0.15) is 0 Å². The van der Waals surface area contributed by atoms with Gasteiger partial charge in [0.25, 0.3) is 5.69 Å². The van der Waals surface area contributed by atoms with Gasteiger partial charge in [-0.1, -0.05) is 6.07 Å². The van der Waals surface area contributed by atoms with Crippen LogP contribution in [0.15, 0.2) is 48.1 Å². The fraction of sp³-hybridized carbons (Fsp3) is 0.0714. The molecule has 2 aromatic heterocycles. The Bertz CT molecular complexity index is 756. The van der Waals surface area contributed by atoms with E-state index in [0.29, 0.717) is 11.9 Å². The monoisotopic (exact) mass is 285 g/mol. The highest BCUT2D eigenvalue weighted by atomic mass is 32.1. The van der Waals surface area contributed by atoms with Gasteiger partial charge in [-0.15, -0.1) is 11.3 Å². The van der Waals surface area contributed by atoms with E-state index in [1.54, 1.807) is 35.9 Å². The summed E-state index contributed by atoms with van der Waals surface area (Å²) in [6, 6.07) is 8.97. The lowest BCUT2D eigenvalue weighted by molar-refractivity contribution is -0.383. The predicted octanol–water partition coefficient (Wildman–Crippen LogP) is 3.82. The topological polar surface area (TPSA) is 68.1 Å². The Balaban J connectivity index is 1.99. The molecule has 100 valence electrons. The number of non-ortho nitro benzene ring substituents is 1. The van der Waals surface area contributed by atoms with Crippen molar-refractivity contribution in [3.8, 4) is 0 Å². The van der Waals surface area contributed by atoms with Gasteiger partial charge >= 0.3 is 0 Å². The second kappa shape index (κ2) is 5.26. The zero-order valence-corrected chi connectivity index (χ0v) is 11.3. The summed E-state index contributed by atoms with van der Waals surface area (Å²) in [5, 5.41) is 17.7. The highest BCUT2D eigenvalue weighted by Gasteiger charge is 2.13. The molecule has 20 heavy (non-hydrogen) atoms. The van der Waals surface area contributed by atoms with E-state index in [1.807, 2.05) is 17.5 Å². The second-order valence-electron chi connectivity index (χ2n) is 4.24. The fourth-order valence-electron chi connectivity index (χ4n) is 2.08. The van der Waals surface area contributed by atoms with Gasteiger partial charge in [0, 0.05) is 41.0 Å². The molecule has 0 aliphatic carbocycles. The van der Waals surface area contributed by atoms with Crippen LogP contribution >= 0.6 is 11.3 Å². The largest absolute Gasteiger partial charge is 0.380 e. The molecule has 5 nitrogen and oxygen atoms in total. The van der Waals surface area contributed by atoms with Crippen LogP contribution in [0.25, 0.3) is 10.8 Å². The molecule has 0 aliphatic rings. The molecule has 0 saturated heterocycles. The maximum absolute atomic E-state index is 11.0. The zero-order valence-electron chi connectivity index (χ0n) is 10.4. The van der Waals surface area contributed by atoms with Gasteiger partial charge in [0.15, 0.2) is 0 Å². The average molecular weight is 285 g/mol. The van der Waals surface area contributed by atoms with Crippen molar-refractivity contribution >= 4 is 33.5 Å². The molecule has 0 aliphatic heterocycles. The van der Waals surface area contributed by atoms with Crippen molar-refractivity contribution in [2.45, 2.75) is 6.54 Å². The number of nitrogens with one attached hydrogen (secondary N) is 1. The molecule has 0 fully saturated rings. The SMILES string of the molecule is O=[N+]([O-])c1ccc(NCc2cccs2)c2cnccc12. The minimum absolute atomic E-state index is 0.101. The normalized spacial score (nSPS) is 10.6. The third-order valence-electron chi connectivity index (χ3n) is 3.02. The average Bonchev–Trinajstić information content (AvgIpc) is 2.97. The standard InChI is InChI=1S/C14H11N3O2S/c18-17(19)14-4-3-13(12-9-15-6-5-11(12)14)16-8-10-2-1-7-20-10/h1-7,9,16H,8H2. The number of hydrogen-bond donors (Lipinski definition) is 1. The van der Waals surface area contributed by atoms with E-state index < -0.39 is 0 Å². The van der Waals surface area contributed by atoms with Crippen LogP contribution in [0.1, 0.15) is 4.88 Å². The Morgan fingerprint density at radius 3 is 2.90 bits per heavy atom. The lowest BCUT2D eigenvalue weighted by Crippen LogP contribution is -1.99. The second-order valence-corrected chi connectivity index (χ2v) is 5.28. The Kier molecular flexibility index (Phi) is 3.30. The molecular formula is C14H11N3O2S. The number of hydrogen-bond acceptors (Lipinski definition) is 5. The summed E-state index contributed by atoms with van der Waals surface area (Å²) in [6.45, 7) is 0.694. The molecule has 0 amide bonds. The number of anilines is 1. The summed E-state index contributed by atoms with van der Waals surface area (Å²) in [7, 11) is 0. The van der Waals surface area contributed by atoms with Crippen LogP contribution in [-0.4, -0.2) is 9.91 Å². The van der Waals surface area contributed by atoms with Gasteiger partial charge in [-0.25, -0.2) is 0 Å². The lowest BCUT2D eigenvalue weighted by Gasteiger charge is -2.08. The number of fused-ring (bicyclic) bond motifs is 1. The first-order valence-electron chi connectivity index (χ1n) is 6.03. The molecule has 2 heterocycles. The minimum atomic E-state index is -0.370. The van der Waals surface area contributed by atoms with Crippen LogP contribution in [0, 0.1) is 10.1 Å². The van der Waals surface area contributed by atoms with Crippen molar-refractivity contribution in [2.24, 2.45) is 0 Å².